The zero-order valence-corrected chi connectivity index (χ0v) is 11.8. The Bertz CT molecular complexity index is 531. The smallest absolute Gasteiger partial charge is 0.128 e. The lowest BCUT2D eigenvalue weighted by atomic mass is 10.1. The molecule has 5 N–H and O–H groups in total. The van der Waals surface area contributed by atoms with E-state index in [2.05, 4.69) is 26.3 Å². The maximum atomic E-state index is 5.92. The van der Waals surface area contributed by atoms with Crippen LogP contribution in [0.15, 0.2) is 28.2 Å². The number of hydrogen-bond donors (Lipinski definition) is 3. The van der Waals surface area contributed by atoms with E-state index in [4.69, 9.17) is 23.2 Å². The van der Waals surface area contributed by atoms with Crippen molar-refractivity contribution in [3.05, 3.63) is 43.6 Å². The fourth-order valence-corrected chi connectivity index (χ4v) is 3.17. The SMILES string of the molecule is NNC(c1ccc(Br)s1)c1cc(Cl)cnc1N. The average Bonchev–Trinajstić information content (AvgIpc) is 2.71. The van der Waals surface area contributed by atoms with Gasteiger partial charge < -0.3 is 5.73 Å². The molecule has 2 aromatic heterocycles. The number of nitrogen functional groups attached to an aromatic ring is 1. The molecule has 90 valence electrons. The Balaban J connectivity index is 2.45. The molecule has 0 aliphatic rings. The Kier molecular flexibility index (Phi) is 4.01. The van der Waals surface area contributed by atoms with Crippen molar-refractivity contribution in [3.8, 4) is 0 Å². The number of aromatic nitrogens is 1. The summed E-state index contributed by atoms with van der Waals surface area (Å²) in [5, 5.41) is 0.532. The summed E-state index contributed by atoms with van der Waals surface area (Å²) in [5.74, 6) is 6.00. The highest BCUT2D eigenvalue weighted by Gasteiger charge is 2.18. The molecule has 1 unspecified atom stereocenters. The molecule has 0 bridgehead atoms. The van der Waals surface area contributed by atoms with Gasteiger partial charge in [0, 0.05) is 16.6 Å². The highest BCUT2D eigenvalue weighted by Crippen LogP contribution is 2.33. The highest BCUT2D eigenvalue weighted by atomic mass is 79.9. The molecule has 17 heavy (non-hydrogen) atoms. The van der Waals surface area contributed by atoms with Crippen LogP contribution in [0.4, 0.5) is 5.82 Å². The molecule has 0 amide bonds. The zero-order valence-electron chi connectivity index (χ0n) is 8.65. The fraction of sp³-hybridized carbons (Fsp3) is 0.100. The molecule has 1 atom stereocenters. The number of pyridine rings is 1. The summed E-state index contributed by atoms with van der Waals surface area (Å²) >= 11 is 10.9. The van der Waals surface area contributed by atoms with E-state index in [-0.39, 0.29) is 6.04 Å². The van der Waals surface area contributed by atoms with Gasteiger partial charge in [0.2, 0.25) is 0 Å². The largest absolute Gasteiger partial charge is 0.383 e. The van der Waals surface area contributed by atoms with Crippen molar-refractivity contribution in [3.63, 3.8) is 0 Å². The monoisotopic (exact) mass is 332 g/mol. The van der Waals surface area contributed by atoms with Crippen molar-refractivity contribution in [2.75, 3.05) is 5.73 Å². The van der Waals surface area contributed by atoms with Crippen molar-refractivity contribution < 1.29 is 0 Å². The number of hydrazine groups is 1. The topological polar surface area (TPSA) is 77.0 Å². The Hall–Kier alpha value is -0.660. The first kappa shape index (κ1) is 12.8. The van der Waals surface area contributed by atoms with E-state index < -0.39 is 0 Å². The third-order valence-electron chi connectivity index (χ3n) is 2.27. The second kappa shape index (κ2) is 5.32. The summed E-state index contributed by atoms with van der Waals surface area (Å²) in [6, 6.07) is 5.48. The summed E-state index contributed by atoms with van der Waals surface area (Å²) < 4.78 is 1.03. The second-order valence-electron chi connectivity index (χ2n) is 3.37. The number of thiophene rings is 1. The predicted molar refractivity (Wildman–Crippen MR) is 74.8 cm³/mol. The van der Waals surface area contributed by atoms with Gasteiger partial charge in [-0.3, -0.25) is 5.84 Å². The van der Waals surface area contributed by atoms with Crippen LogP contribution in [0.2, 0.25) is 5.02 Å². The Morgan fingerprint density at radius 2 is 2.24 bits per heavy atom. The second-order valence-corrected chi connectivity index (χ2v) is 6.30. The number of nitrogens with one attached hydrogen (secondary N) is 1. The molecule has 2 aromatic rings. The Labute approximate surface area is 116 Å². The van der Waals surface area contributed by atoms with Gasteiger partial charge in [0.1, 0.15) is 5.82 Å². The van der Waals surface area contributed by atoms with Gasteiger partial charge in [-0.2, -0.15) is 0 Å². The number of rotatable bonds is 3. The van der Waals surface area contributed by atoms with E-state index in [9.17, 15) is 0 Å². The molecule has 0 aromatic carbocycles. The van der Waals surface area contributed by atoms with Gasteiger partial charge >= 0.3 is 0 Å². The molecule has 0 spiro atoms. The highest BCUT2D eigenvalue weighted by molar-refractivity contribution is 9.11. The van der Waals surface area contributed by atoms with Crippen LogP contribution in [-0.4, -0.2) is 4.98 Å². The lowest BCUT2D eigenvalue weighted by Gasteiger charge is -2.16. The minimum atomic E-state index is -0.211. The van der Waals surface area contributed by atoms with Crippen molar-refractivity contribution in [2.24, 2.45) is 5.84 Å². The number of halogens is 2. The molecule has 0 fully saturated rings. The number of hydrogen-bond acceptors (Lipinski definition) is 5. The van der Waals surface area contributed by atoms with Crippen molar-refractivity contribution >= 4 is 44.7 Å². The van der Waals surface area contributed by atoms with Crippen LogP contribution in [-0.2, 0) is 0 Å². The fourth-order valence-electron chi connectivity index (χ4n) is 1.51. The summed E-state index contributed by atoms with van der Waals surface area (Å²) in [6.45, 7) is 0. The minimum absolute atomic E-state index is 0.211. The zero-order chi connectivity index (χ0) is 12.4. The number of nitrogens with zero attached hydrogens (tertiary/aromatic N) is 1. The van der Waals surface area contributed by atoms with Gasteiger partial charge in [0.25, 0.3) is 0 Å². The third-order valence-corrected chi connectivity index (χ3v) is 4.17. The average molecular weight is 334 g/mol. The van der Waals surface area contributed by atoms with E-state index in [0.717, 1.165) is 14.2 Å². The molecule has 0 aliphatic carbocycles. The lowest BCUT2D eigenvalue weighted by molar-refractivity contribution is 0.646. The lowest BCUT2D eigenvalue weighted by Crippen LogP contribution is -2.29. The first-order chi connectivity index (χ1) is 8.11. The molecule has 0 aliphatic heterocycles. The quantitative estimate of drug-likeness (QED) is 0.596. The summed E-state index contributed by atoms with van der Waals surface area (Å²) in [4.78, 5) is 5.06. The summed E-state index contributed by atoms with van der Waals surface area (Å²) in [5.41, 5.74) is 9.34. The predicted octanol–water partition coefficient (Wildman–Crippen LogP) is 2.69. The standard InChI is InChI=1S/C10H10BrClN4S/c11-8-2-1-7(17-8)9(16-14)6-3-5(12)4-15-10(6)13/h1-4,9,16H,14H2,(H2,13,15). The Morgan fingerprint density at radius 1 is 1.47 bits per heavy atom. The molecular formula is C10H10BrClN4S. The maximum Gasteiger partial charge on any atom is 0.128 e. The van der Waals surface area contributed by atoms with Crippen molar-refractivity contribution in [1.82, 2.24) is 10.4 Å². The van der Waals surface area contributed by atoms with Crippen LogP contribution >= 0.6 is 38.9 Å². The molecule has 0 radical (unpaired) electrons. The molecule has 2 heterocycles. The molecule has 0 saturated heterocycles. The van der Waals surface area contributed by atoms with E-state index in [1.807, 2.05) is 12.1 Å². The third kappa shape index (κ3) is 2.78. The van der Waals surface area contributed by atoms with Gasteiger partial charge in [-0.15, -0.1) is 11.3 Å². The number of anilines is 1. The molecular weight excluding hydrogens is 324 g/mol. The maximum absolute atomic E-state index is 5.92. The van der Waals surface area contributed by atoms with E-state index in [1.54, 1.807) is 17.4 Å². The van der Waals surface area contributed by atoms with Gasteiger partial charge in [0.05, 0.1) is 14.9 Å². The van der Waals surface area contributed by atoms with Gasteiger partial charge in [-0.25, -0.2) is 10.4 Å². The first-order valence-corrected chi connectivity index (χ1v) is 6.73. The van der Waals surface area contributed by atoms with Gasteiger partial charge in [-0.1, -0.05) is 11.6 Å². The summed E-state index contributed by atoms with van der Waals surface area (Å²) in [6.07, 6.45) is 1.51. The molecule has 0 saturated carbocycles. The van der Waals surface area contributed by atoms with Crippen LogP contribution < -0.4 is 17.0 Å². The minimum Gasteiger partial charge on any atom is -0.383 e. The van der Waals surface area contributed by atoms with E-state index in [0.29, 0.717) is 10.8 Å². The van der Waals surface area contributed by atoms with Crippen molar-refractivity contribution in [1.29, 1.82) is 0 Å². The summed E-state index contributed by atoms with van der Waals surface area (Å²) in [7, 11) is 0. The Morgan fingerprint density at radius 3 is 2.82 bits per heavy atom. The van der Waals surface area contributed by atoms with Crippen LogP contribution in [0.25, 0.3) is 0 Å². The normalized spacial score (nSPS) is 12.6. The van der Waals surface area contributed by atoms with E-state index in [1.165, 1.54) is 6.20 Å². The molecule has 4 nitrogen and oxygen atoms in total. The molecule has 7 heteroatoms. The van der Waals surface area contributed by atoms with E-state index >= 15 is 0 Å². The van der Waals surface area contributed by atoms with Gasteiger partial charge in [-0.05, 0) is 34.1 Å². The first-order valence-electron chi connectivity index (χ1n) is 4.74. The van der Waals surface area contributed by atoms with Crippen LogP contribution in [0.5, 0.6) is 0 Å². The van der Waals surface area contributed by atoms with Gasteiger partial charge in [0.15, 0.2) is 0 Å². The van der Waals surface area contributed by atoms with Crippen molar-refractivity contribution in [2.45, 2.75) is 6.04 Å². The van der Waals surface area contributed by atoms with Crippen LogP contribution in [0.3, 0.4) is 0 Å². The molecule has 2 rings (SSSR count). The van der Waals surface area contributed by atoms with Crippen LogP contribution in [0.1, 0.15) is 16.5 Å². The van der Waals surface area contributed by atoms with Crippen LogP contribution in [0, 0.1) is 0 Å². The number of nitrogens with two attached hydrogens (primary N) is 2.